The zero-order valence-corrected chi connectivity index (χ0v) is 24.3. The minimum absolute atomic E-state index is 0.127. The van der Waals surface area contributed by atoms with Crippen molar-refractivity contribution in [3.8, 4) is 0 Å². The van der Waals surface area contributed by atoms with Crippen LogP contribution in [-0.2, 0) is 9.59 Å². The number of aliphatic hydroxyl groups is 6. The first-order valence-electron chi connectivity index (χ1n) is 14.4. The maximum atomic E-state index is 9.25. The molecule has 3 saturated carbocycles. The standard InChI is InChI=1S/3C8H16O2.2C3H4O2/c3*9-6-8(7-10)4-2-1-3-5-8;2*1-2-3(4)5/h3*9-10H,1-7H2;2*2H,1H2,(H,4,5). The second-order valence-electron chi connectivity index (χ2n) is 11.2. The van der Waals surface area contributed by atoms with Crippen molar-refractivity contribution in [3.05, 3.63) is 25.3 Å². The van der Waals surface area contributed by atoms with Gasteiger partial charge in [-0.25, -0.2) is 9.59 Å². The molecular weight excluding hydrogens is 520 g/mol. The van der Waals surface area contributed by atoms with E-state index in [1.807, 2.05) is 0 Å². The molecule has 3 aliphatic rings. The molecule has 0 bridgehead atoms. The van der Waals surface area contributed by atoms with E-state index in [2.05, 4.69) is 13.2 Å². The highest BCUT2D eigenvalue weighted by molar-refractivity contribution is 5.79. The molecule has 0 saturated heterocycles. The summed E-state index contributed by atoms with van der Waals surface area (Å²) in [6.45, 7) is 6.86. The molecule has 10 nitrogen and oxygen atoms in total. The smallest absolute Gasteiger partial charge is 0.327 e. The fourth-order valence-corrected chi connectivity index (χ4v) is 5.00. The number of aliphatic hydroxyl groups excluding tert-OH is 6. The summed E-state index contributed by atoms with van der Waals surface area (Å²) in [4.78, 5) is 18.5. The molecule has 0 aromatic heterocycles. The van der Waals surface area contributed by atoms with Gasteiger partial charge < -0.3 is 40.9 Å². The maximum Gasteiger partial charge on any atom is 0.327 e. The van der Waals surface area contributed by atoms with E-state index in [1.54, 1.807) is 0 Å². The Morgan fingerprint density at radius 3 is 0.675 bits per heavy atom. The summed E-state index contributed by atoms with van der Waals surface area (Å²) < 4.78 is 0. The lowest BCUT2D eigenvalue weighted by Crippen LogP contribution is -2.31. The lowest BCUT2D eigenvalue weighted by molar-refractivity contribution is -0.132. The Labute approximate surface area is 240 Å². The number of carboxylic acids is 2. The Hall–Kier alpha value is -1.82. The number of aliphatic carboxylic acids is 2. The SMILES string of the molecule is C=CC(=O)O.C=CC(=O)O.OCC1(CO)CCCCC1.OCC1(CO)CCCCC1.OCC1(CO)CCCCC1. The Morgan fingerprint density at radius 1 is 0.450 bits per heavy atom. The van der Waals surface area contributed by atoms with Gasteiger partial charge in [-0.15, -0.1) is 0 Å². The van der Waals surface area contributed by atoms with Gasteiger partial charge in [0.2, 0.25) is 0 Å². The molecule has 236 valence electrons. The minimum Gasteiger partial charge on any atom is -0.478 e. The molecule has 0 aromatic rings. The van der Waals surface area contributed by atoms with Gasteiger partial charge in [0.1, 0.15) is 0 Å². The Kier molecular flexibility index (Phi) is 24.0. The van der Waals surface area contributed by atoms with Crippen molar-refractivity contribution in [3.63, 3.8) is 0 Å². The van der Waals surface area contributed by atoms with E-state index < -0.39 is 11.9 Å². The molecule has 40 heavy (non-hydrogen) atoms. The predicted octanol–water partition coefficient (Wildman–Crippen LogP) is 3.28. The van der Waals surface area contributed by atoms with E-state index in [0.717, 1.165) is 50.7 Å². The van der Waals surface area contributed by atoms with Crippen molar-refractivity contribution in [1.29, 1.82) is 0 Å². The molecule has 0 unspecified atom stereocenters. The highest BCUT2D eigenvalue weighted by Gasteiger charge is 2.31. The van der Waals surface area contributed by atoms with Crippen LogP contribution >= 0.6 is 0 Å². The van der Waals surface area contributed by atoms with Gasteiger partial charge in [0, 0.05) is 28.4 Å². The Morgan fingerprint density at radius 2 is 0.600 bits per heavy atom. The monoisotopic (exact) mass is 576 g/mol. The van der Waals surface area contributed by atoms with E-state index >= 15 is 0 Å². The normalized spacial score (nSPS) is 20.1. The molecule has 8 N–H and O–H groups in total. The van der Waals surface area contributed by atoms with Crippen LogP contribution in [0.4, 0.5) is 0 Å². The average molecular weight is 577 g/mol. The molecule has 0 heterocycles. The van der Waals surface area contributed by atoms with Crippen molar-refractivity contribution in [2.75, 3.05) is 39.6 Å². The quantitative estimate of drug-likeness (QED) is 0.199. The lowest BCUT2D eigenvalue weighted by atomic mass is 9.75. The van der Waals surface area contributed by atoms with E-state index in [-0.39, 0.29) is 55.9 Å². The van der Waals surface area contributed by atoms with Gasteiger partial charge in [-0.05, 0) is 38.5 Å². The average Bonchev–Trinajstić information content (AvgIpc) is 3.03. The number of hydrogen-bond acceptors (Lipinski definition) is 8. The van der Waals surface area contributed by atoms with Crippen LogP contribution in [0.5, 0.6) is 0 Å². The van der Waals surface area contributed by atoms with Crippen molar-refractivity contribution in [2.45, 2.75) is 96.3 Å². The van der Waals surface area contributed by atoms with Gasteiger partial charge in [0.05, 0.1) is 39.6 Å². The highest BCUT2D eigenvalue weighted by Crippen LogP contribution is 2.36. The number of carbonyl (C=O) groups is 2. The first kappa shape index (κ1) is 40.3. The first-order valence-corrected chi connectivity index (χ1v) is 14.4. The minimum atomic E-state index is -0.981. The number of carboxylic acid groups (broad SMARTS) is 2. The molecule has 0 aromatic carbocycles. The Balaban J connectivity index is 0. The molecule has 3 rings (SSSR count). The van der Waals surface area contributed by atoms with Crippen LogP contribution in [0, 0.1) is 16.2 Å². The third kappa shape index (κ3) is 17.8. The second-order valence-corrected chi connectivity index (χ2v) is 11.2. The molecule has 0 spiro atoms. The predicted molar refractivity (Wildman–Crippen MR) is 155 cm³/mol. The maximum absolute atomic E-state index is 9.25. The zero-order valence-electron chi connectivity index (χ0n) is 24.3. The highest BCUT2D eigenvalue weighted by atomic mass is 16.4. The fraction of sp³-hybridized carbons (Fsp3) is 0.800. The van der Waals surface area contributed by atoms with Crippen molar-refractivity contribution < 1.29 is 50.4 Å². The van der Waals surface area contributed by atoms with Crippen LogP contribution in [0.3, 0.4) is 0 Å². The van der Waals surface area contributed by atoms with Crippen molar-refractivity contribution >= 4 is 11.9 Å². The van der Waals surface area contributed by atoms with Crippen LogP contribution in [0.2, 0.25) is 0 Å². The van der Waals surface area contributed by atoms with Gasteiger partial charge in [-0.1, -0.05) is 70.9 Å². The molecule has 0 aliphatic heterocycles. The molecular formula is C30H56O10. The van der Waals surface area contributed by atoms with Crippen LogP contribution in [0.25, 0.3) is 0 Å². The summed E-state index contributed by atoms with van der Waals surface area (Å²) in [6, 6.07) is 0. The molecule has 0 atom stereocenters. The second kappa shape index (κ2) is 23.8. The zero-order chi connectivity index (χ0) is 30.9. The molecule has 0 radical (unpaired) electrons. The molecule has 3 aliphatic carbocycles. The van der Waals surface area contributed by atoms with Crippen LogP contribution in [0.1, 0.15) is 96.3 Å². The van der Waals surface area contributed by atoms with Gasteiger partial charge in [-0.3, -0.25) is 0 Å². The summed E-state index contributed by atoms with van der Waals surface area (Å²) in [5, 5.41) is 69.1. The van der Waals surface area contributed by atoms with E-state index in [0.29, 0.717) is 0 Å². The van der Waals surface area contributed by atoms with Gasteiger partial charge in [-0.2, -0.15) is 0 Å². The van der Waals surface area contributed by atoms with Crippen molar-refractivity contribution in [1.82, 2.24) is 0 Å². The summed E-state index contributed by atoms with van der Waals surface area (Å²) in [5.74, 6) is -1.96. The topological polar surface area (TPSA) is 196 Å². The molecule has 3 fully saturated rings. The number of hydrogen-bond donors (Lipinski definition) is 8. The van der Waals surface area contributed by atoms with E-state index in [4.69, 9.17) is 40.9 Å². The first-order chi connectivity index (χ1) is 19.0. The Bertz CT molecular complexity index is 564. The van der Waals surface area contributed by atoms with Gasteiger partial charge in [0.15, 0.2) is 0 Å². The largest absolute Gasteiger partial charge is 0.478 e. The van der Waals surface area contributed by atoms with E-state index in [1.165, 1.54) is 57.8 Å². The van der Waals surface area contributed by atoms with Crippen molar-refractivity contribution in [2.24, 2.45) is 16.2 Å². The summed E-state index contributed by atoms with van der Waals surface area (Å²) in [5.41, 5.74) is -0.380. The van der Waals surface area contributed by atoms with Gasteiger partial charge >= 0.3 is 11.9 Å². The summed E-state index contributed by atoms with van der Waals surface area (Å²) in [6.07, 6.45) is 18.5. The van der Waals surface area contributed by atoms with E-state index in [9.17, 15) is 9.59 Å². The fourth-order valence-electron chi connectivity index (χ4n) is 5.00. The van der Waals surface area contributed by atoms with Crippen LogP contribution in [-0.4, -0.2) is 92.4 Å². The van der Waals surface area contributed by atoms with Crippen LogP contribution < -0.4 is 0 Å². The molecule has 10 heteroatoms. The summed E-state index contributed by atoms with van der Waals surface area (Å²) in [7, 11) is 0. The van der Waals surface area contributed by atoms with Gasteiger partial charge in [0.25, 0.3) is 0 Å². The summed E-state index contributed by atoms with van der Waals surface area (Å²) >= 11 is 0. The number of rotatable bonds is 8. The van der Waals surface area contributed by atoms with Crippen LogP contribution in [0.15, 0.2) is 25.3 Å². The lowest BCUT2D eigenvalue weighted by Gasteiger charge is -2.33. The third-order valence-electron chi connectivity index (χ3n) is 8.10. The third-order valence-corrected chi connectivity index (χ3v) is 8.10. The molecule has 0 amide bonds.